The first-order valence-electron chi connectivity index (χ1n) is 22.7. The molecule has 0 saturated heterocycles. The number of hydrogen-bond acceptors (Lipinski definition) is 3. The van der Waals surface area contributed by atoms with Gasteiger partial charge in [0.25, 0.3) is 0 Å². The molecule has 3 heterocycles. The fraction of sp³-hybridized carbons (Fsp3) is 0.271. The highest BCUT2D eigenvalue weighted by atomic mass is 16.5. The Labute approximate surface area is 378 Å². The number of ether oxygens (including phenoxy) is 1. The Morgan fingerprint density at radius 3 is 1.00 bits per heavy atom. The smallest absolute Gasteiger partial charge is 0.151 e. The van der Waals surface area contributed by atoms with Crippen LogP contribution in [0.25, 0.3) is 55.0 Å². The minimum absolute atomic E-state index is 0.0531. The molecule has 5 nitrogen and oxygen atoms in total. The molecule has 0 unspecified atom stereocenters. The van der Waals surface area contributed by atoms with Gasteiger partial charge in [0.15, 0.2) is 11.5 Å². The molecule has 64 heavy (non-hydrogen) atoms. The predicted octanol–water partition coefficient (Wildman–Crippen LogP) is 16.5. The predicted molar refractivity (Wildman–Crippen MR) is 269 cm³/mol. The quantitative estimate of drug-likeness (QED) is 0.178. The lowest BCUT2D eigenvalue weighted by molar-refractivity contribution is 0.477. The highest BCUT2D eigenvalue weighted by molar-refractivity contribution is 6.12. The molecular weight excluding hydrogens is 781 g/mol. The highest BCUT2D eigenvalue weighted by Gasteiger charge is 2.31. The van der Waals surface area contributed by atoms with Gasteiger partial charge < -0.3 is 18.8 Å². The first-order chi connectivity index (χ1) is 30.2. The van der Waals surface area contributed by atoms with E-state index in [1.54, 1.807) is 0 Å². The van der Waals surface area contributed by atoms with Crippen LogP contribution >= 0.6 is 0 Å². The van der Waals surface area contributed by atoms with Gasteiger partial charge >= 0.3 is 0 Å². The Morgan fingerprint density at radius 2 is 0.703 bits per heavy atom. The fourth-order valence-electron chi connectivity index (χ4n) is 9.61. The minimum atomic E-state index is -0.0531. The summed E-state index contributed by atoms with van der Waals surface area (Å²) in [6.07, 6.45) is 0. The lowest BCUT2D eigenvalue weighted by Gasteiger charge is -2.33. The summed E-state index contributed by atoms with van der Waals surface area (Å²) in [6.45, 7) is 27.3. The van der Waals surface area contributed by atoms with Crippen LogP contribution in [0.3, 0.4) is 0 Å². The van der Waals surface area contributed by atoms with Crippen molar-refractivity contribution in [3.05, 3.63) is 161 Å². The Balaban J connectivity index is 1.38. The first-order valence-corrected chi connectivity index (χ1v) is 22.7. The number of rotatable bonds is 3. The van der Waals surface area contributed by atoms with Gasteiger partial charge in [0, 0.05) is 21.5 Å². The molecule has 0 saturated carbocycles. The van der Waals surface area contributed by atoms with Crippen molar-refractivity contribution < 1.29 is 4.74 Å². The topological polar surface area (TPSA) is 46.1 Å². The van der Waals surface area contributed by atoms with E-state index in [0.717, 1.165) is 62.0 Å². The maximum Gasteiger partial charge on any atom is 0.151 e. The van der Waals surface area contributed by atoms with E-state index in [9.17, 15) is 5.26 Å². The summed E-state index contributed by atoms with van der Waals surface area (Å²) in [4.78, 5) is 2.30. The zero-order valence-corrected chi connectivity index (χ0v) is 39.4. The van der Waals surface area contributed by atoms with E-state index in [2.05, 4.69) is 212 Å². The van der Waals surface area contributed by atoms with Crippen LogP contribution < -0.4 is 9.64 Å². The summed E-state index contributed by atoms with van der Waals surface area (Å²) in [6, 6.07) is 51.3. The van der Waals surface area contributed by atoms with E-state index >= 15 is 0 Å². The molecule has 10 rings (SSSR count). The van der Waals surface area contributed by atoms with Crippen LogP contribution in [-0.4, -0.2) is 9.13 Å². The van der Waals surface area contributed by atoms with E-state index < -0.39 is 0 Å². The summed E-state index contributed by atoms with van der Waals surface area (Å²) in [5.74, 6) is 1.55. The molecule has 0 N–H and O–H groups in total. The Hall–Kier alpha value is -6.77. The molecule has 0 fully saturated rings. The van der Waals surface area contributed by atoms with Crippen LogP contribution in [0.5, 0.6) is 11.5 Å². The zero-order valence-electron chi connectivity index (χ0n) is 39.4. The van der Waals surface area contributed by atoms with Crippen molar-refractivity contribution in [2.24, 2.45) is 0 Å². The van der Waals surface area contributed by atoms with Gasteiger partial charge in [-0.1, -0.05) is 132 Å². The normalized spacial score (nSPS) is 13.4. The van der Waals surface area contributed by atoms with E-state index in [0.29, 0.717) is 5.56 Å². The van der Waals surface area contributed by atoms with E-state index in [1.807, 2.05) is 24.3 Å². The standard InChI is InChI=1S/C59H58N4O/c1-56(2,3)36-21-25-46-41(29-36)42-30-37(57(4,5)6)22-26-47(42)62(46)52-33-40(61-50-17-13-15-19-54(50)64-55-20-16-14-18-51(55)61)34-53(45(52)35-60)63-48-27-23-38(58(7,8)9)31-43(48)44-32-39(59(10,11)12)24-28-49(44)63/h13-34H,1-12H3. The van der Waals surface area contributed by atoms with Crippen LogP contribution in [-0.2, 0) is 21.7 Å². The maximum atomic E-state index is 11.8. The summed E-state index contributed by atoms with van der Waals surface area (Å²) in [5, 5.41) is 16.5. The Bertz CT molecular complexity index is 3060. The first kappa shape index (κ1) is 41.3. The van der Waals surface area contributed by atoms with Gasteiger partial charge in [-0.15, -0.1) is 0 Å². The molecule has 9 aromatic rings. The van der Waals surface area contributed by atoms with Crippen molar-refractivity contribution in [3.8, 4) is 28.9 Å². The molecule has 0 bridgehead atoms. The Morgan fingerprint density at radius 1 is 0.391 bits per heavy atom. The largest absolute Gasteiger partial charge is 0.453 e. The molecule has 2 aromatic heterocycles. The van der Waals surface area contributed by atoms with Gasteiger partial charge in [-0.05, 0) is 129 Å². The zero-order chi connectivity index (χ0) is 45.2. The lowest BCUT2D eigenvalue weighted by Crippen LogP contribution is -2.17. The van der Waals surface area contributed by atoms with Crippen molar-refractivity contribution in [2.75, 3.05) is 4.90 Å². The van der Waals surface area contributed by atoms with Crippen LogP contribution in [0.4, 0.5) is 17.1 Å². The third-order valence-corrected chi connectivity index (χ3v) is 13.4. The van der Waals surface area contributed by atoms with Gasteiger partial charge in [0.2, 0.25) is 0 Å². The number of hydrogen-bond donors (Lipinski definition) is 0. The van der Waals surface area contributed by atoms with Gasteiger partial charge in [-0.25, -0.2) is 0 Å². The molecular formula is C59H58N4O. The second-order valence-electron chi connectivity index (χ2n) is 21.9. The van der Waals surface area contributed by atoms with E-state index in [-0.39, 0.29) is 21.7 Å². The van der Waals surface area contributed by atoms with Gasteiger partial charge in [-0.3, -0.25) is 0 Å². The van der Waals surface area contributed by atoms with E-state index in [4.69, 9.17) is 4.74 Å². The summed E-state index contributed by atoms with van der Waals surface area (Å²) in [7, 11) is 0. The molecule has 7 aromatic carbocycles. The number of benzene rings is 7. The molecule has 0 spiro atoms. The van der Waals surface area contributed by atoms with Gasteiger partial charge in [0.1, 0.15) is 11.6 Å². The molecule has 320 valence electrons. The van der Waals surface area contributed by atoms with Crippen molar-refractivity contribution in [1.29, 1.82) is 5.26 Å². The summed E-state index contributed by atoms with van der Waals surface area (Å²) >= 11 is 0. The molecule has 5 heteroatoms. The highest BCUT2D eigenvalue weighted by Crippen LogP contribution is 2.52. The molecule has 0 atom stereocenters. The minimum Gasteiger partial charge on any atom is -0.453 e. The SMILES string of the molecule is CC(C)(C)c1ccc2c(c1)c1cc(C(C)(C)C)ccc1n2-c1cc(N2c3ccccc3Oc3ccccc32)cc(-n2c3ccc(C(C)(C)C)cc3c3cc(C(C)(C)C)ccc32)c1C#N. The Kier molecular flexibility index (Phi) is 9.10. The number of para-hydroxylation sites is 4. The average molecular weight is 839 g/mol. The second-order valence-corrected chi connectivity index (χ2v) is 21.9. The van der Waals surface area contributed by atoms with Gasteiger partial charge in [0.05, 0.1) is 50.5 Å². The van der Waals surface area contributed by atoms with Crippen molar-refractivity contribution in [2.45, 2.75) is 105 Å². The number of aromatic nitrogens is 2. The van der Waals surface area contributed by atoms with E-state index in [1.165, 1.54) is 43.8 Å². The molecule has 0 radical (unpaired) electrons. The van der Waals surface area contributed by atoms with Gasteiger partial charge in [-0.2, -0.15) is 5.26 Å². The van der Waals surface area contributed by atoms with Crippen molar-refractivity contribution in [3.63, 3.8) is 0 Å². The number of nitrogens with zero attached hydrogens (tertiary/aromatic N) is 4. The van der Waals surface area contributed by atoms with Crippen molar-refractivity contribution >= 4 is 60.7 Å². The van der Waals surface area contributed by atoms with Crippen molar-refractivity contribution in [1.82, 2.24) is 9.13 Å². The van der Waals surface area contributed by atoms with Crippen LogP contribution in [0.15, 0.2) is 133 Å². The molecule has 1 aliphatic heterocycles. The monoisotopic (exact) mass is 838 g/mol. The molecule has 0 amide bonds. The number of anilines is 3. The lowest BCUT2D eigenvalue weighted by atomic mass is 9.85. The van der Waals surface area contributed by atoms with Crippen LogP contribution in [0.2, 0.25) is 0 Å². The third kappa shape index (κ3) is 6.57. The average Bonchev–Trinajstić information content (AvgIpc) is 3.75. The number of fused-ring (bicyclic) bond motifs is 8. The third-order valence-electron chi connectivity index (χ3n) is 13.4. The van der Waals surface area contributed by atoms with Crippen LogP contribution in [0.1, 0.15) is 111 Å². The second kappa shape index (κ2) is 14.1. The van der Waals surface area contributed by atoms with Crippen LogP contribution in [0, 0.1) is 11.3 Å². The summed E-state index contributed by atoms with van der Waals surface area (Å²) in [5.41, 5.74) is 14.1. The molecule has 0 aliphatic carbocycles. The number of nitriles is 1. The fourth-order valence-corrected chi connectivity index (χ4v) is 9.61. The summed E-state index contributed by atoms with van der Waals surface area (Å²) < 4.78 is 11.2. The maximum absolute atomic E-state index is 11.8. The molecule has 1 aliphatic rings.